The van der Waals surface area contributed by atoms with Crippen molar-refractivity contribution >= 4 is 33.1 Å². The Morgan fingerprint density at radius 2 is 2.04 bits per heavy atom. The molecule has 1 N–H and O–H groups in total. The first-order chi connectivity index (χ1) is 12.3. The van der Waals surface area contributed by atoms with Crippen LogP contribution in [0.1, 0.15) is 38.4 Å². The number of sulfonamides is 1. The van der Waals surface area contributed by atoms with Gasteiger partial charge in [-0.25, -0.2) is 13.1 Å². The molecule has 0 unspecified atom stereocenters. The Morgan fingerprint density at radius 1 is 1.35 bits per heavy atom. The van der Waals surface area contributed by atoms with E-state index in [0.717, 1.165) is 5.69 Å². The summed E-state index contributed by atoms with van der Waals surface area (Å²) in [4.78, 5) is 12.6. The molecule has 0 atom stereocenters. The van der Waals surface area contributed by atoms with Crippen molar-refractivity contribution in [3.8, 4) is 0 Å². The average Bonchev–Trinajstić information content (AvgIpc) is 3.25. The van der Waals surface area contributed by atoms with Crippen LogP contribution in [0.25, 0.3) is 0 Å². The number of aryl methyl sites for hydroxylation is 1. The van der Waals surface area contributed by atoms with Crippen LogP contribution < -0.4 is 5.32 Å². The number of aromatic nitrogens is 2. The number of piperidine rings is 1. The summed E-state index contributed by atoms with van der Waals surface area (Å²) in [5, 5.41) is 9.11. The third-order valence-corrected chi connectivity index (χ3v) is 7.78. The number of carbonyl (C=O) groups is 1. The van der Waals surface area contributed by atoms with Gasteiger partial charge in [-0.3, -0.25) is 4.79 Å². The molecule has 2 aromatic rings. The van der Waals surface area contributed by atoms with Gasteiger partial charge in [0.25, 0.3) is 10.0 Å². The van der Waals surface area contributed by atoms with Crippen LogP contribution in [0, 0.1) is 12.8 Å². The zero-order valence-corrected chi connectivity index (χ0v) is 16.8. The zero-order chi connectivity index (χ0) is 18.9. The zero-order valence-electron chi connectivity index (χ0n) is 15.2. The van der Waals surface area contributed by atoms with Crippen LogP contribution in [0.15, 0.2) is 27.8 Å². The molecule has 3 heterocycles. The first-order valence-electron chi connectivity index (χ1n) is 8.69. The summed E-state index contributed by atoms with van der Waals surface area (Å²) in [6.45, 7) is 6.63. The number of hydrogen-bond donors (Lipinski definition) is 1. The third kappa shape index (κ3) is 3.84. The summed E-state index contributed by atoms with van der Waals surface area (Å²) in [7, 11) is -3.44. The molecule has 0 spiro atoms. The summed E-state index contributed by atoms with van der Waals surface area (Å²) in [5.74, 6) is 0.428. The second-order valence-corrected chi connectivity index (χ2v) is 9.92. The van der Waals surface area contributed by atoms with Crippen molar-refractivity contribution < 1.29 is 13.2 Å². The molecular weight excluding hydrogens is 372 g/mol. The van der Waals surface area contributed by atoms with Crippen LogP contribution in [0.3, 0.4) is 0 Å². The number of carbonyl (C=O) groups excluding carboxylic acids is 1. The molecule has 26 heavy (non-hydrogen) atoms. The van der Waals surface area contributed by atoms with Crippen LogP contribution >= 0.6 is 11.3 Å². The molecule has 0 aromatic carbocycles. The van der Waals surface area contributed by atoms with Crippen LogP contribution in [-0.4, -0.2) is 41.5 Å². The fraction of sp³-hybridized carbons (Fsp3) is 0.529. The topological polar surface area (TPSA) is 84.3 Å². The van der Waals surface area contributed by atoms with E-state index in [4.69, 9.17) is 0 Å². The molecule has 3 rings (SSSR count). The van der Waals surface area contributed by atoms with Crippen molar-refractivity contribution in [1.29, 1.82) is 0 Å². The average molecular weight is 397 g/mol. The molecule has 7 nitrogen and oxygen atoms in total. The SMILES string of the molecule is Cc1cc(NC(=O)C2CCN(S(=O)(=O)c3cccs3)CC2)n(C(C)C)n1. The largest absolute Gasteiger partial charge is 0.311 e. The molecule has 1 aliphatic rings. The van der Waals surface area contributed by atoms with E-state index in [1.807, 2.05) is 26.8 Å². The third-order valence-electron chi connectivity index (χ3n) is 4.51. The minimum absolute atomic E-state index is 0.0695. The van der Waals surface area contributed by atoms with Crippen LogP contribution in [0.2, 0.25) is 0 Å². The van der Waals surface area contributed by atoms with E-state index in [1.54, 1.807) is 22.2 Å². The second kappa shape index (κ2) is 7.50. The molecule has 1 aliphatic heterocycles. The minimum Gasteiger partial charge on any atom is -0.311 e. The van der Waals surface area contributed by atoms with Gasteiger partial charge in [0.1, 0.15) is 10.0 Å². The van der Waals surface area contributed by atoms with Gasteiger partial charge in [-0.2, -0.15) is 9.40 Å². The van der Waals surface area contributed by atoms with E-state index in [0.29, 0.717) is 36.0 Å². The number of anilines is 1. The van der Waals surface area contributed by atoms with E-state index >= 15 is 0 Å². The predicted octanol–water partition coefficient (Wildman–Crippen LogP) is 2.87. The highest BCUT2D eigenvalue weighted by molar-refractivity contribution is 7.91. The Hall–Kier alpha value is -1.71. The van der Waals surface area contributed by atoms with Gasteiger partial charge in [-0.15, -0.1) is 11.3 Å². The van der Waals surface area contributed by atoms with Crippen LogP contribution in [0.5, 0.6) is 0 Å². The summed E-state index contributed by atoms with van der Waals surface area (Å²) in [6.07, 6.45) is 1.04. The molecule has 0 saturated carbocycles. The molecule has 1 saturated heterocycles. The lowest BCUT2D eigenvalue weighted by Crippen LogP contribution is -2.41. The molecule has 0 bridgehead atoms. The first-order valence-corrected chi connectivity index (χ1v) is 11.0. The highest BCUT2D eigenvalue weighted by Gasteiger charge is 2.32. The maximum atomic E-state index is 12.6. The van der Waals surface area contributed by atoms with E-state index in [-0.39, 0.29) is 17.9 Å². The predicted molar refractivity (Wildman–Crippen MR) is 102 cm³/mol. The number of amides is 1. The monoisotopic (exact) mass is 396 g/mol. The Labute approximate surface area is 158 Å². The van der Waals surface area contributed by atoms with Crippen LogP contribution in [-0.2, 0) is 14.8 Å². The molecule has 2 aromatic heterocycles. The van der Waals surface area contributed by atoms with Crippen molar-refractivity contribution in [2.75, 3.05) is 18.4 Å². The summed E-state index contributed by atoms with van der Waals surface area (Å²) < 4.78 is 28.8. The van der Waals surface area contributed by atoms with Gasteiger partial charge in [0, 0.05) is 31.1 Å². The van der Waals surface area contributed by atoms with Crippen molar-refractivity contribution in [2.24, 2.45) is 5.92 Å². The van der Waals surface area contributed by atoms with E-state index in [2.05, 4.69) is 10.4 Å². The number of thiophene rings is 1. The van der Waals surface area contributed by atoms with Gasteiger partial charge >= 0.3 is 0 Å². The Balaban J connectivity index is 1.62. The summed E-state index contributed by atoms with van der Waals surface area (Å²) in [6, 6.07) is 5.36. The second-order valence-electron chi connectivity index (χ2n) is 6.81. The van der Waals surface area contributed by atoms with Gasteiger partial charge in [-0.1, -0.05) is 6.07 Å². The first kappa shape index (κ1) is 19.1. The fourth-order valence-corrected chi connectivity index (χ4v) is 5.74. The molecule has 0 radical (unpaired) electrons. The van der Waals surface area contributed by atoms with E-state index < -0.39 is 10.0 Å². The Morgan fingerprint density at radius 3 is 2.62 bits per heavy atom. The lowest BCUT2D eigenvalue weighted by molar-refractivity contribution is -0.121. The van der Waals surface area contributed by atoms with Gasteiger partial charge in [-0.05, 0) is 45.1 Å². The maximum Gasteiger partial charge on any atom is 0.252 e. The lowest BCUT2D eigenvalue weighted by Gasteiger charge is -2.30. The Kier molecular flexibility index (Phi) is 5.50. The van der Waals surface area contributed by atoms with Crippen molar-refractivity contribution in [3.63, 3.8) is 0 Å². The molecular formula is C17H24N4O3S2. The smallest absolute Gasteiger partial charge is 0.252 e. The summed E-state index contributed by atoms with van der Waals surface area (Å²) >= 11 is 1.22. The van der Waals surface area contributed by atoms with E-state index in [1.165, 1.54) is 15.6 Å². The van der Waals surface area contributed by atoms with Gasteiger partial charge < -0.3 is 5.32 Å². The summed E-state index contributed by atoms with van der Waals surface area (Å²) in [5.41, 5.74) is 0.853. The van der Waals surface area contributed by atoms with Crippen molar-refractivity contribution in [1.82, 2.24) is 14.1 Å². The van der Waals surface area contributed by atoms with Gasteiger partial charge in [0.05, 0.1) is 5.69 Å². The molecule has 1 fully saturated rings. The highest BCUT2D eigenvalue weighted by atomic mass is 32.2. The Bertz CT molecular complexity index is 864. The number of nitrogens with zero attached hydrogens (tertiary/aromatic N) is 3. The molecule has 1 amide bonds. The maximum absolute atomic E-state index is 12.6. The van der Waals surface area contributed by atoms with Gasteiger partial charge in [0.15, 0.2) is 0 Å². The minimum atomic E-state index is -3.44. The van der Waals surface area contributed by atoms with Crippen LogP contribution in [0.4, 0.5) is 5.82 Å². The number of nitrogens with one attached hydrogen (secondary N) is 1. The fourth-order valence-electron chi connectivity index (χ4n) is 3.13. The quantitative estimate of drug-likeness (QED) is 0.842. The number of rotatable bonds is 5. The normalized spacial score (nSPS) is 16.9. The van der Waals surface area contributed by atoms with E-state index in [9.17, 15) is 13.2 Å². The molecule has 9 heteroatoms. The highest BCUT2D eigenvalue weighted by Crippen LogP contribution is 2.27. The molecule has 0 aliphatic carbocycles. The number of hydrogen-bond acceptors (Lipinski definition) is 5. The lowest BCUT2D eigenvalue weighted by atomic mass is 9.97. The molecule has 142 valence electrons. The van der Waals surface area contributed by atoms with Gasteiger partial charge in [0.2, 0.25) is 5.91 Å². The van der Waals surface area contributed by atoms with Crippen molar-refractivity contribution in [2.45, 2.75) is 43.9 Å². The van der Waals surface area contributed by atoms with Crippen molar-refractivity contribution in [3.05, 3.63) is 29.3 Å². The standard InChI is InChI=1S/C17H24N4O3S2/c1-12(2)21-15(11-13(3)19-21)18-17(22)14-6-8-20(9-7-14)26(23,24)16-5-4-10-25-16/h4-5,10-12,14H,6-9H2,1-3H3,(H,18,22).